The van der Waals surface area contributed by atoms with Crippen LogP contribution >= 0.6 is 0 Å². The number of fused-ring (bicyclic) bond motifs is 1. The summed E-state index contributed by atoms with van der Waals surface area (Å²) < 4.78 is 52.4. The number of hydrogen-bond donors (Lipinski definition) is 1. The summed E-state index contributed by atoms with van der Waals surface area (Å²) in [5.74, 6) is 0. The van der Waals surface area contributed by atoms with E-state index in [0.29, 0.717) is 18.5 Å². The predicted octanol–water partition coefficient (Wildman–Crippen LogP) is 3.14. The lowest BCUT2D eigenvalue weighted by molar-refractivity contribution is -0.141. The molecule has 20 heavy (non-hydrogen) atoms. The molecular weight excluding hydrogens is 289 g/mol. The maximum atomic E-state index is 12.6. The van der Waals surface area contributed by atoms with Gasteiger partial charge in [-0.2, -0.15) is 13.2 Å². The van der Waals surface area contributed by atoms with Crippen molar-refractivity contribution in [3.63, 3.8) is 0 Å². The Morgan fingerprint density at radius 3 is 2.50 bits per heavy atom. The topological polar surface area (TPSA) is 42.0 Å². The van der Waals surface area contributed by atoms with E-state index >= 15 is 0 Å². The largest absolute Gasteiger partial charge is 0.433 e. The van der Waals surface area contributed by atoms with Crippen molar-refractivity contribution in [1.29, 1.82) is 0 Å². The van der Waals surface area contributed by atoms with Crippen LogP contribution in [0.1, 0.15) is 50.2 Å². The van der Waals surface area contributed by atoms with Gasteiger partial charge >= 0.3 is 6.18 Å². The number of alkyl halides is 3. The Balaban J connectivity index is 2.20. The Morgan fingerprint density at radius 1 is 1.30 bits per heavy atom. The second-order valence-electron chi connectivity index (χ2n) is 5.82. The summed E-state index contributed by atoms with van der Waals surface area (Å²) in [6.45, 7) is 5.53. The van der Waals surface area contributed by atoms with Gasteiger partial charge in [0, 0.05) is 11.7 Å². The SMILES string of the molecule is CC(C)(C)[S@@](=O)N[C@@H]1CCc2nc(C(F)(F)F)ccc21. The van der Waals surface area contributed by atoms with Gasteiger partial charge in [0.1, 0.15) is 5.69 Å². The fourth-order valence-corrected chi connectivity index (χ4v) is 2.91. The van der Waals surface area contributed by atoms with E-state index < -0.39 is 27.6 Å². The van der Waals surface area contributed by atoms with E-state index in [4.69, 9.17) is 0 Å². The van der Waals surface area contributed by atoms with Crippen LogP contribution in [-0.4, -0.2) is 13.9 Å². The number of nitrogens with zero attached hydrogens (tertiary/aromatic N) is 1. The smallest absolute Gasteiger partial charge is 0.248 e. The minimum absolute atomic E-state index is 0.195. The van der Waals surface area contributed by atoms with Crippen molar-refractivity contribution in [2.24, 2.45) is 0 Å². The van der Waals surface area contributed by atoms with E-state index in [0.717, 1.165) is 11.6 Å². The first-order chi connectivity index (χ1) is 9.09. The molecule has 0 saturated carbocycles. The molecule has 2 rings (SSSR count). The van der Waals surface area contributed by atoms with E-state index in [1.807, 2.05) is 20.8 Å². The summed E-state index contributed by atoms with van der Waals surface area (Å²) in [7, 11) is -1.26. The molecule has 112 valence electrons. The predicted molar refractivity (Wildman–Crippen MR) is 71.3 cm³/mol. The van der Waals surface area contributed by atoms with E-state index in [9.17, 15) is 17.4 Å². The van der Waals surface area contributed by atoms with Crippen molar-refractivity contribution in [3.05, 3.63) is 29.1 Å². The molecule has 1 N–H and O–H groups in total. The third-order valence-electron chi connectivity index (χ3n) is 3.15. The van der Waals surface area contributed by atoms with Crippen LogP contribution < -0.4 is 4.72 Å². The Bertz CT molecular complexity index is 537. The third-order valence-corrected chi connectivity index (χ3v) is 4.76. The molecule has 1 aliphatic carbocycles. The molecule has 7 heteroatoms. The fraction of sp³-hybridized carbons (Fsp3) is 0.615. The highest BCUT2D eigenvalue weighted by Crippen LogP contribution is 2.34. The quantitative estimate of drug-likeness (QED) is 0.912. The lowest BCUT2D eigenvalue weighted by Gasteiger charge is -2.22. The average molecular weight is 306 g/mol. The van der Waals surface area contributed by atoms with Crippen LogP contribution in [0, 0.1) is 0 Å². The van der Waals surface area contributed by atoms with Crippen LogP contribution in [-0.2, 0) is 23.6 Å². The number of hydrogen-bond acceptors (Lipinski definition) is 2. The molecule has 2 atom stereocenters. The highest BCUT2D eigenvalue weighted by Gasteiger charge is 2.35. The molecular formula is C13H17F3N2OS. The zero-order valence-electron chi connectivity index (χ0n) is 11.5. The Kier molecular flexibility index (Phi) is 3.94. The average Bonchev–Trinajstić information content (AvgIpc) is 2.69. The molecule has 1 heterocycles. The molecule has 0 saturated heterocycles. The lowest BCUT2D eigenvalue weighted by atomic mass is 10.1. The van der Waals surface area contributed by atoms with Crippen molar-refractivity contribution >= 4 is 11.0 Å². The van der Waals surface area contributed by atoms with Gasteiger partial charge < -0.3 is 0 Å². The van der Waals surface area contributed by atoms with Crippen LogP contribution in [0.25, 0.3) is 0 Å². The molecule has 1 aliphatic rings. The normalized spacial score (nSPS) is 20.8. The molecule has 0 fully saturated rings. The molecule has 0 bridgehead atoms. The van der Waals surface area contributed by atoms with Crippen LogP contribution in [0.15, 0.2) is 12.1 Å². The van der Waals surface area contributed by atoms with Crippen LogP contribution in [0.4, 0.5) is 13.2 Å². The molecule has 1 aromatic rings. The first-order valence-corrected chi connectivity index (χ1v) is 7.49. The zero-order chi connectivity index (χ0) is 15.1. The summed E-state index contributed by atoms with van der Waals surface area (Å²) in [4.78, 5) is 3.68. The number of nitrogens with one attached hydrogen (secondary N) is 1. The van der Waals surface area contributed by atoms with Crippen molar-refractivity contribution in [2.45, 2.75) is 50.6 Å². The van der Waals surface area contributed by atoms with Gasteiger partial charge in [-0.15, -0.1) is 0 Å². The minimum Gasteiger partial charge on any atom is -0.248 e. The van der Waals surface area contributed by atoms with E-state index in [2.05, 4.69) is 9.71 Å². The molecule has 1 aromatic heterocycles. The minimum atomic E-state index is -4.42. The molecule has 0 radical (unpaired) electrons. The van der Waals surface area contributed by atoms with Gasteiger partial charge in [0.2, 0.25) is 0 Å². The molecule has 0 amide bonds. The molecule has 0 aromatic carbocycles. The van der Waals surface area contributed by atoms with E-state index in [1.54, 1.807) is 0 Å². The Morgan fingerprint density at radius 2 is 1.95 bits per heavy atom. The van der Waals surface area contributed by atoms with Crippen LogP contribution in [0.2, 0.25) is 0 Å². The van der Waals surface area contributed by atoms with Gasteiger partial charge in [-0.25, -0.2) is 13.9 Å². The van der Waals surface area contributed by atoms with Gasteiger partial charge in [0.15, 0.2) is 0 Å². The number of halogens is 3. The van der Waals surface area contributed by atoms with Crippen LogP contribution in [0.3, 0.4) is 0 Å². The Labute approximate surface area is 118 Å². The standard InChI is InChI=1S/C13H17F3N2OS/c1-12(2,3)20(19)18-10-6-5-9-8(10)4-7-11(17-9)13(14,15)16/h4,7,10,18H,5-6H2,1-3H3/t10-,20-/m1/s1. The summed E-state index contributed by atoms with van der Waals surface area (Å²) in [5.41, 5.74) is 0.299. The number of rotatable bonds is 2. The molecule has 0 aliphatic heterocycles. The molecule has 0 unspecified atom stereocenters. The van der Waals surface area contributed by atoms with Gasteiger partial charge in [-0.3, -0.25) is 0 Å². The summed E-state index contributed by atoms with van der Waals surface area (Å²) in [6.07, 6.45) is -3.33. The highest BCUT2D eigenvalue weighted by atomic mass is 32.2. The molecule has 0 spiro atoms. The van der Waals surface area contributed by atoms with Gasteiger partial charge in [-0.1, -0.05) is 6.07 Å². The lowest BCUT2D eigenvalue weighted by Crippen LogP contribution is -2.35. The monoisotopic (exact) mass is 306 g/mol. The highest BCUT2D eigenvalue weighted by molar-refractivity contribution is 7.84. The van der Waals surface area contributed by atoms with E-state index in [1.165, 1.54) is 6.07 Å². The second kappa shape index (κ2) is 5.11. The maximum absolute atomic E-state index is 12.6. The third kappa shape index (κ3) is 3.20. The first kappa shape index (κ1) is 15.4. The summed E-state index contributed by atoms with van der Waals surface area (Å²) in [5, 5.41) is 0. The maximum Gasteiger partial charge on any atom is 0.433 e. The second-order valence-corrected chi connectivity index (χ2v) is 7.82. The van der Waals surface area contributed by atoms with Crippen LogP contribution in [0.5, 0.6) is 0 Å². The first-order valence-electron chi connectivity index (χ1n) is 6.34. The van der Waals surface area contributed by atoms with Crippen molar-refractivity contribution in [3.8, 4) is 0 Å². The van der Waals surface area contributed by atoms with Crippen molar-refractivity contribution in [1.82, 2.24) is 9.71 Å². The number of pyridine rings is 1. The van der Waals surface area contributed by atoms with Crippen molar-refractivity contribution in [2.75, 3.05) is 0 Å². The number of aryl methyl sites for hydroxylation is 1. The Hall–Kier alpha value is -0.950. The summed E-state index contributed by atoms with van der Waals surface area (Å²) in [6, 6.07) is 2.23. The zero-order valence-corrected chi connectivity index (χ0v) is 12.4. The van der Waals surface area contributed by atoms with E-state index in [-0.39, 0.29) is 6.04 Å². The van der Waals surface area contributed by atoms with Crippen molar-refractivity contribution < 1.29 is 17.4 Å². The van der Waals surface area contributed by atoms with Gasteiger partial charge in [0.05, 0.1) is 15.7 Å². The summed E-state index contributed by atoms with van der Waals surface area (Å²) >= 11 is 0. The van der Waals surface area contributed by atoms with Gasteiger partial charge in [-0.05, 0) is 45.2 Å². The van der Waals surface area contributed by atoms with Gasteiger partial charge in [0.25, 0.3) is 0 Å². The molecule has 3 nitrogen and oxygen atoms in total. The fourth-order valence-electron chi connectivity index (χ4n) is 2.05. The number of aromatic nitrogens is 1.